The number of nitrogens with zero attached hydrogens (tertiary/aromatic N) is 6. The van der Waals surface area contributed by atoms with Gasteiger partial charge in [0.05, 0.1) is 13.2 Å². The number of likely N-dealkylation sites (tertiary alicyclic amines) is 1. The number of hydrogen-bond acceptors (Lipinski definition) is 5. The van der Waals surface area contributed by atoms with E-state index in [9.17, 15) is 0 Å². The van der Waals surface area contributed by atoms with Gasteiger partial charge in [0.25, 0.3) is 0 Å². The Hall–Kier alpha value is -0.940. The molecule has 3 aliphatic rings. The summed E-state index contributed by atoms with van der Waals surface area (Å²) in [4.78, 5) is 9.89. The number of aliphatic imine (C=N–C) groups is 1. The Morgan fingerprint density at radius 1 is 1.14 bits per heavy atom. The van der Waals surface area contributed by atoms with E-state index in [1.807, 2.05) is 18.5 Å². The van der Waals surface area contributed by atoms with Crippen molar-refractivity contribution in [3.63, 3.8) is 0 Å². The van der Waals surface area contributed by atoms with Crippen LogP contribution in [0.25, 0.3) is 0 Å². The van der Waals surface area contributed by atoms with Gasteiger partial charge < -0.3 is 19.5 Å². The fourth-order valence-electron chi connectivity index (χ4n) is 4.80. The molecule has 2 saturated heterocycles. The van der Waals surface area contributed by atoms with Crippen LogP contribution in [0.2, 0.25) is 0 Å². The van der Waals surface area contributed by atoms with Crippen molar-refractivity contribution in [2.45, 2.75) is 45.6 Å². The molecule has 0 amide bonds. The third-order valence-electron chi connectivity index (χ3n) is 6.77. The predicted octanol–water partition coefficient (Wildman–Crippen LogP) is 1.79. The molecule has 3 heterocycles. The molecule has 1 aromatic heterocycles. The largest absolute Gasteiger partial charge is 0.379 e. The van der Waals surface area contributed by atoms with Crippen LogP contribution in [0.15, 0.2) is 4.99 Å². The molecule has 8 nitrogen and oxygen atoms in total. The number of guanidine groups is 1. The highest BCUT2D eigenvalue weighted by Gasteiger charge is 2.41. The molecule has 0 unspecified atom stereocenters. The molecule has 3 fully saturated rings. The van der Waals surface area contributed by atoms with E-state index in [1.165, 1.54) is 32.1 Å². The molecule has 1 aliphatic carbocycles. The molecule has 9 heteroatoms. The van der Waals surface area contributed by atoms with E-state index in [1.54, 1.807) is 0 Å². The maximum atomic E-state index is 5.45. The van der Waals surface area contributed by atoms with Gasteiger partial charge in [0, 0.05) is 46.3 Å². The van der Waals surface area contributed by atoms with Crippen LogP contribution in [0.1, 0.15) is 43.8 Å². The van der Waals surface area contributed by atoms with Crippen LogP contribution >= 0.6 is 24.0 Å². The first-order valence-corrected chi connectivity index (χ1v) is 10.8. The predicted molar refractivity (Wildman–Crippen MR) is 125 cm³/mol. The van der Waals surface area contributed by atoms with Crippen molar-refractivity contribution in [3.05, 3.63) is 11.6 Å². The summed E-state index contributed by atoms with van der Waals surface area (Å²) in [6.07, 6.45) is 6.85. The topological polar surface area (TPSA) is 70.8 Å². The van der Waals surface area contributed by atoms with Crippen LogP contribution in [0.5, 0.6) is 0 Å². The fraction of sp³-hybridized carbons (Fsp3) is 0.850. The van der Waals surface area contributed by atoms with Crippen LogP contribution in [-0.2, 0) is 18.3 Å². The van der Waals surface area contributed by atoms with Crippen molar-refractivity contribution >= 4 is 29.9 Å². The summed E-state index contributed by atoms with van der Waals surface area (Å²) in [6.45, 7) is 10.5. The molecule has 1 N–H and O–H groups in total. The molecular formula is C20H36IN7O. The fourth-order valence-corrected chi connectivity index (χ4v) is 4.80. The van der Waals surface area contributed by atoms with Crippen LogP contribution in [0.3, 0.4) is 0 Å². The first-order chi connectivity index (χ1) is 13.7. The van der Waals surface area contributed by atoms with Gasteiger partial charge in [-0.1, -0.05) is 12.8 Å². The molecule has 2 aliphatic heterocycles. The Balaban J connectivity index is 0.00000240. The number of ether oxygens (including phenoxy) is 1. The molecule has 29 heavy (non-hydrogen) atoms. The summed E-state index contributed by atoms with van der Waals surface area (Å²) in [7, 11) is 2.01. The van der Waals surface area contributed by atoms with Crippen LogP contribution < -0.4 is 5.32 Å². The number of rotatable bonds is 5. The standard InChI is InChI=1S/C20H35N7O.HI/c1-17-23-24-18(25(17)2)15-22-19(21-8-10-26-11-13-28-14-12-26)27-9-7-20(16-27)5-3-4-6-20;/h3-16H2,1-2H3,(H,21,22);1H. The number of nitrogens with one attached hydrogen (secondary N) is 1. The summed E-state index contributed by atoms with van der Waals surface area (Å²) in [5, 5.41) is 12.1. The van der Waals surface area contributed by atoms with Gasteiger partial charge in [0.2, 0.25) is 0 Å². The minimum absolute atomic E-state index is 0. The Kier molecular flexibility index (Phi) is 8.15. The normalized spacial score (nSPS) is 22.3. The van der Waals surface area contributed by atoms with Crippen molar-refractivity contribution in [2.75, 3.05) is 52.5 Å². The number of morpholine rings is 1. The quantitative estimate of drug-likeness (QED) is 0.365. The molecule has 1 spiro atoms. The Morgan fingerprint density at radius 3 is 2.59 bits per heavy atom. The molecule has 164 valence electrons. The first kappa shape index (κ1) is 22.7. The maximum Gasteiger partial charge on any atom is 0.194 e. The zero-order chi connectivity index (χ0) is 19.4. The summed E-state index contributed by atoms with van der Waals surface area (Å²) in [5.41, 5.74) is 0.536. The smallest absolute Gasteiger partial charge is 0.194 e. The number of aromatic nitrogens is 3. The number of hydrogen-bond donors (Lipinski definition) is 1. The lowest BCUT2D eigenvalue weighted by molar-refractivity contribution is 0.0388. The van der Waals surface area contributed by atoms with Gasteiger partial charge in [-0.3, -0.25) is 4.90 Å². The zero-order valence-corrected chi connectivity index (χ0v) is 20.2. The van der Waals surface area contributed by atoms with E-state index < -0.39 is 0 Å². The number of aryl methyl sites for hydroxylation is 1. The molecule has 4 rings (SSSR count). The van der Waals surface area contributed by atoms with Crippen LogP contribution in [-0.4, -0.2) is 83.0 Å². The monoisotopic (exact) mass is 517 g/mol. The summed E-state index contributed by atoms with van der Waals surface area (Å²) >= 11 is 0. The van der Waals surface area contributed by atoms with Crippen molar-refractivity contribution in [1.82, 2.24) is 29.9 Å². The molecule has 0 bridgehead atoms. The zero-order valence-electron chi connectivity index (χ0n) is 17.9. The Bertz CT molecular complexity index is 680. The molecule has 0 radical (unpaired) electrons. The maximum absolute atomic E-state index is 5.45. The Morgan fingerprint density at radius 2 is 1.90 bits per heavy atom. The van der Waals surface area contributed by atoms with E-state index in [4.69, 9.17) is 9.73 Å². The van der Waals surface area contributed by atoms with Gasteiger partial charge in [0.1, 0.15) is 12.4 Å². The SMILES string of the molecule is Cc1nnc(CN=C(NCCN2CCOCC2)N2CCC3(CCCC3)C2)n1C.I. The van der Waals surface area contributed by atoms with Crippen molar-refractivity contribution in [1.29, 1.82) is 0 Å². The van der Waals surface area contributed by atoms with E-state index in [0.29, 0.717) is 12.0 Å². The van der Waals surface area contributed by atoms with E-state index >= 15 is 0 Å². The lowest BCUT2D eigenvalue weighted by atomic mass is 9.86. The molecule has 0 aromatic carbocycles. The lowest BCUT2D eigenvalue weighted by Crippen LogP contribution is -2.46. The van der Waals surface area contributed by atoms with E-state index in [2.05, 4.69) is 25.3 Å². The molecular weight excluding hydrogens is 481 g/mol. The average Bonchev–Trinajstić information content (AvgIpc) is 3.43. The minimum Gasteiger partial charge on any atom is -0.379 e. The third kappa shape index (κ3) is 5.61. The summed E-state index contributed by atoms with van der Waals surface area (Å²) in [5.74, 6) is 2.88. The van der Waals surface area contributed by atoms with Gasteiger partial charge in [0.15, 0.2) is 11.8 Å². The average molecular weight is 517 g/mol. The molecule has 1 aromatic rings. The summed E-state index contributed by atoms with van der Waals surface area (Å²) in [6, 6.07) is 0. The van der Waals surface area contributed by atoms with Gasteiger partial charge in [-0.2, -0.15) is 0 Å². The highest BCUT2D eigenvalue weighted by Crippen LogP contribution is 2.45. The van der Waals surface area contributed by atoms with Gasteiger partial charge in [-0.05, 0) is 31.6 Å². The highest BCUT2D eigenvalue weighted by molar-refractivity contribution is 14.0. The summed E-state index contributed by atoms with van der Waals surface area (Å²) < 4.78 is 7.48. The van der Waals surface area contributed by atoms with Gasteiger partial charge >= 0.3 is 0 Å². The van der Waals surface area contributed by atoms with E-state index in [-0.39, 0.29) is 24.0 Å². The second-order valence-corrected chi connectivity index (χ2v) is 8.62. The molecule has 1 saturated carbocycles. The van der Waals surface area contributed by atoms with Gasteiger partial charge in [-0.15, -0.1) is 34.2 Å². The third-order valence-corrected chi connectivity index (χ3v) is 6.77. The first-order valence-electron chi connectivity index (χ1n) is 10.8. The Labute approximate surface area is 191 Å². The lowest BCUT2D eigenvalue weighted by Gasteiger charge is -2.29. The molecule has 0 atom stereocenters. The van der Waals surface area contributed by atoms with Crippen molar-refractivity contribution in [3.8, 4) is 0 Å². The second-order valence-electron chi connectivity index (χ2n) is 8.62. The van der Waals surface area contributed by atoms with Crippen LogP contribution in [0.4, 0.5) is 0 Å². The van der Waals surface area contributed by atoms with Crippen LogP contribution in [0, 0.1) is 12.3 Å². The van der Waals surface area contributed by atoms with Gasteiger partial charge in [-0.25, -0.2) is 4.99 Å². The second kappa shape index (κ2) is 10.4. The van der Waals surface area contributed by atoms with Crippen molar-refractivity contribution < 1.29 is 4.74 Å². The van der Waals surface area contributed by atoms with Crippen molar-refractivity contribution in [2.24, 2.45) is 17.5 Å². The minimum atomic E-state index is 0. The van der Waals surface area contributed by atoms with E-state index in [0.717, 1.165) is 70.1 Å². The highest BCUT2D eigenvalue weighted by atomic mass is 127. The number of halogens is 1.